The molecular weight excluding hydrogens is 485 g/mol. The van der Waals surface area contributed by atoms with Gasteiger partial charge in [0.2, 0.25) is 0 Å². The van der Waals surface area contributed by atoms with Crippen molar-refractivity contribution in [2.24, 2.45) is 7.05 Å². The van der Waals surface area contributed by atoms with Gasteiger partial charge in [-0.25, -0.2) is 9.37 Å². The SMILES string of the molecule is CC1CCCC(C)N1CCNC(=O)c1ccc(F)c(NC(=O)c2cnc3cc(-c4cnn(C)c4)ccn23)c1. The number of hydrogen-bond acceptors (Lipinski definition) is 5. The smallest absolute Gasteiger partial charge is 0.274 e. The standard InChI is InChI=1S/C28H32FN7O2/c1-18-5-4-6-19(2)35(18)12-10-30-27(37)21-7-8-23(29)24(13-21)33-28(38)25-16-31-26-14-20(9-11-36(25)26)22-15-32-34(3)17-22/h7-9,11,13-19H,4-6,10,12H2,1-3H3,(H,30,37)(H,33,38). The Bertz CT molecular complexity index is 1470. The molecule has 0 radical (unpaired) electrons. The number of pyridine rings is 1. The molecule has 1 aliphatic rings. The third-order valence-corrected chi connectivity index (χ3v) is 7.29. The molecule has 4 aromatic rings. The van der Waals surface area contributed by atoms with Crippen LogP contribution in [0.1, 0.15) is 54.0 Å². The van der Waals surface area contributed by atoms with E-state index in [0.717, 1.165) is 30.5 Å². The van der Waals surface area contributed by atoms with Crippen LogP contribution in [-0.4, -0.2) is 61.1 Å². The molecule has 2 N–H and O–H groups in total. The number of carbonyl (C=O) groups excluding carboxylic acids is 2. The topological polar surface area (TPSA) is 96.6 Å². The number of fused-ring (bicyclic) bond motifs is 1. The van der Waals surface area contributed by atoms with Crippen LogP contribution in [0, 0.1) is 5.82 Å². The molecule has 2 amide bonds. The summed E-state index contributed by atoms with van der Waals surface area (Å²) in [5.74, 6) is -1.47. The fourth-order valence-corrected chi connectivity index (χ4v) is 5.16. The van der Waals surface area contributed by atoms with E-state index in [2.05, 4.69) is 39.5 Å². The summed E-state index contributed by atoms with van der Waals surface area (Å²) in [6.07, 6.45) is 10.4. The van der Waals surface area contributed by atoms with Crippen LogP contribution in [-0.2, 0) is 7.05 Å². The van der Waals surface area contributed by atoms with Gasteiger partial charge in [-0.15, -0.1) is 0 Å². The zero-order valence-corrected chi connectivity index (χ0v) is 21.8. The minimum atomic E-state index is -0.626. The molecule has 1 saturated heterocycles. The van der Waals surface area contributed by atoms with Crippen LogP contribution < -0.4 is 10.6 Å². The Kier molecular flexibility index (Phi) is 7.24. The van der Waals surface area contributed by atoms with Crippen LogP contribution in [0.5, 0.6) is 0 Å². The molecule has 38 heavy (non-hydrogen) atoms. The Morgan fingerprint density at radius 1 is 1.05 bits per heavy atom. The first kappa shape index (κ1) is 25.6. The summed E-state index contributed by atoms with van der Waals surface area (Å²) in [7, 11) is 1.84. The van der Waals surface area contributed by atoms with Crippen molar-refractivity contribution < 1.29 is 14.0 Å². The zero-order valence-electron chi connectivity index (χ0n) is 21.8. The average molecular weight is 518 g/mol. The molecule has 10 heteroatoms. The van der Waals surface area contributed by atoms with Gasteiger partial charge in [-0.1, -0.05) is 6.42 Å². The molecule has 9 nitrogen and oxygen atoms in total. The molecule has 198 valence electrons. The van der Waals surface area contributed by atoms with Crippen molar-refractivity contribution in [1.82, 2.24) is 29.4 Å². The molecule has 5 rings (SSSR count). The summed E-state index contributed by atoms with van der Waals surface area (Å²) in [5, 5.41) is 9.70. The Morgan fingerprint density at radius 3 is 2.58 bits per heavy atom. The molecule has 4 heterocycles. The summed E-state index contributed by atoms with van der Waals surface area (Å²) < 4.78 is 17.9. The van der Waals surface area contributed by atoms with Crippen molar-refractivity contribution in [2.45, 2.75) is 45.2 Å². The molecule has 0 spiro atoms. The lowest BCUT2D eigenvalue weighted by Crippen LogP contribution is -2.47. The first-order chi connectivity index (χ1) is 18.3. The van der Waals surface area contributed by atoms with Crippen molar-refractivity contribution in [1.29, 1.82) is 0 Å². The van der Waals surface area contributed by atoms with Crippen LogP contribution >= 0.6 is 0 Å². The predicted molar refractivity (Wildman–Crippen MR) is 144 cm³/mol. The van der Waals surface area contributed by atoms with E-state index >= 15 is 0 Å². The third-order valence-electron chi connectivity index (χ3n) is 7.29. The molecule has 0 aliphatic carbocycles. The second-order valence-electron chi connectivity index (χ2n) is 9.96. The lowest BCUT2D eigenvalue weighted by Gasteiger charge is -2.39. The van der Waals surface area contributed by atoms with Gasteiger partial charge in [0.25, 0.3) is 11.8 Å². The van der Waals surface area contributed by atoms with Gasteiger partial charge < -0.3 is 10.6 Å². The lowest BCUT2D eigenvalue weighted by molar-refractivity contribution is 0.0888. The van der Waals surface area contributed by atoms with E-state index in [0.29, 0.717) is 24.3 Å². The van der Waals surface area contributed by atoms with E-state index < -0.39 is 11.7 Å². The number of likely N-dealkylation sites (tertiary alicyclic amines) is 1. The number of hydrogen-bond donors (Lipinski definition) is 2. The normalized spacial score (nSPS) is 18.0. The molecule has 2 unspecified atom stereocenters. The molecule has 3 aromatic heterocycles. The maximum atomic E-state index is 14.6. The van der Waals surface area contributed by atoms with Crippen molar-refractivity contribution in [2.75, 3.05) is 18.4 Å². The summed E-state index contributed by atoms with van der Waals surface area (Å²) in [6.45, 7) is 5.69. The number of halogens is 1. The van der Waals surface area contributed by atoms with Crippen LogP contribution in [0.2, 0.25) is 0 Å². The fourth-order valence-electron chi connectivity index (χ4n) is 5.16. The van der Waals surface area contributed by atoms with Gasteiger partial charge in [0.05, 0.1) is 18.1 Å². The minimum Gasteiger partial charge on any atom is -0.351 e. The predicted octanol–water partition coefficient (Wildman–Crippen LogP) is 4.12. The Labute approximate surface area is 220 Å². The third kappa shape index (κ3) is 5.31. The molecule has 1 aromatic carbocycles. The number of rotatable bonds is 7. The fraction of sp³-hybridized carbons (Fsp3) is 0.357. The summed E-state index contributed by atoms with van der Waals surface area (Å²) in [6, 6.07) is 8.66. The number of carbonyl (C=O) groups is 2. The van der Waals surface area contributed by atoms with Gasteiger partial charge in [0, 0.05) is 55.7 Å². The molecule has 0 saturated carbocycles. The van der Waals surface area contributed by atoms with E-state index in [4.69, 9.17) is 0 Å². The second kappa shape index (κ2) is 10.7. The Hall–Kier alpha value is -4.05. The van der Waals surface area contributed by atoms with E-state index in [1.54, 1.807) is 21.5 Å². The number of amides is 2. The summed E-state index contributed by atoms with van der Waals surface area (Å²) in [4.78, 5) is 32.5. The van der Waals surface area contributed by atoms with E-state index in [-0.39, 0.29) is 22.9 Å². The van der Waals surface area contributed by atoms with Crippen LogP contribution in [0.3, 0.4) is 0 Å². The second-order valence-corrected chi connectivity index (χ2v) is 9.96. The number of aryl methyl sites for hydroxylation is 1. The number of piperidine rings is 1. The van der Waals surface area contributed by atoms with Gasteiger partial charge in [-0.05, 0) is 62.6 Å². The van der Waals surface area contributed by atoms with Crippen LogP contribution in [0.4, 0.5) is 10.1 Å². The van der Waals surface area contributed by atoms with Crippen molar-refractivity contribution in [3.63, 3.8) is 0 Å². The monoisotopic (exact) mass is 517 g/mol. The summed E-state index contributed by atoms with van der Waals surface area (Å²) in [5.41, 5.74) is 2.88. The quantitative estimate of drug-likeness (QED) is 0.385. The lowest BCUT2D eigenvalue weighted by atomic mass is 9.98. The number of benzene rings is 1. The molecule has 2 atom stereocenters. The molecule has 0 bridgehead atoms. The summed E-state index contributed by atoms with van der Waals surface area (Å²) >= 11 is 0. The number of nitrogens with zero attached hydrogens (tertiary/aromatic N) is 5. The van der Waals surface area contributed by atoms with Gasteiger partial charge in [0.1, 0.15) is 17.2 Å². The largest absolute Gasteiger partial charge is 0.351 e. The average Bonchev–Trinajstić information content (AvgIpc) is 3.53. The maximum Gasteiger partial charge on any atom is 0.274 e. The molecular formula is C28H32FN7O2. The minimum absolute atomic E-state index is 0.0668. The first-order valence-corrected chi connectivity index (χ1v) is 12.9. The van der Waals surface area contributed by atoms with Crippen LogP contribution in [0.25, 0.3) is 16.8 Å². The zero-order chi connectivity index (χ0) is 26.8. The van der Waals surface area contributed by atoms with E-state index in [1.165, 1.54) is 30.8 Å². The first-order valence-electron chi connectivity index (χ1n) is 12.9. The van der Waals surface area contributed by atoms with Gasteiger partial charge in [-0.2, -0.15) is 5.10 Å². The number of anilines is 1. The highest BCUT2D eigenvalue weighted by Gasteiger charge is 2.24. The van der Waals surface area contributed by atoms with E-state index in [1.807, 2.05) is 25.4 Å². The highest BCUT2D eigenvalue weighted by molar-refractivity contribution is 6.04. The van der Waals surface area contributed by atoms with Gasteiger partial charge >= 0.3 is 0 Å². The highest BCUT2D eigenvalue weighted by atomic mass is 19.1. The molecule has 1 fully saturated rings. The van der Waals surface area contributed by atoms with Crippen LogP contribution in [0.15, 0.2) is 55.1 Å². The highest BCUT2D eigenvalue weighted by Crippen LogP contribution is 2.23. The Morgan fingerprint density at radius 2 is 1.84 bits per heavy atom. The molecule has 1 aliphatic heterocycles. The van der Waals surface area contributed by atoms with Crippen molar-refractivity contribution >= 4 is 23.1 Å². The maximum absolute atomic E-state index is 14.6. The van der Waals surface area contributed by atoms with Crippen molar-refractivity contribution in [3.05, 3.63) is 72.2 Å². The Balaban J connectivity index is 1.26. The van der Waals surface area contributed by atoms with Crippen molar-refractivity contribution in [3.8, 4) is 11.1 Å². The van der Waals surface area contributed by atoms with Gasteiger partial charge in [0.15, 0.2) is 0 Å². The van der Waals surface area contributed by atoms with E-state index in [9.17, 15) is 14.0 Å². The number of imidazole rings is 1. The number of aromatic nitrogens is 4. The number of nitrogens with one attached hydrogen (secondary N) is 2. The van der Waals surface area contributed by atoms with Gasteiger partial charge in [-0.3, -0.25) is 23.6 Å².